The first-order valence-electron chi connectivity index (χ1n) is 12.2. The van der Waals surface area contributed by atoms with Crippen LogP contribution in [-0.4, -0.2) is 36.6 Å². The second-order valence-electron chi connectivity index (χ2n) is 9.39. The van der Waals surface area contributed by atoms with Gasteiger partial charge in [-0.15, -0.1) is 0 Å². The third-order valence-electron chi connectivity index (χ3n) is 7.69. The quantitative estimate of drug-likeness (QED) is 0.631. The molecule has 0 aromatic heterocycles. The van der Waals surface area contributed by atoms with E-state index in [4.69, 9.17) is 10.5 Å². The molecular formula is C29H24N6O3. The van der Waals surface area contributed by atoms with Crippen LogP contribution >= 0.6 is 0 Å². The van der Waals surface area contributed by atoms with E-state index in [-0.39, 0.29) is 37.5 Å². The van der Waals surface area contributed by atoms with Gasteiger partial charge in [-0.2, -0.15) is 15.8 Å². The van der Waals surface area contributed by atoms with Crippen LogP contribution < -0.4 is 10.6 Å². The molecular weight excluding hydrogens is 480 g/mol. The maximum absolute atomic E-state index is 14.7. The molecule has 2 N–H and O–H groups in total. The molecule has 2 amide bonds. The summed E-state index contributed by atoms with van der Waals surface area (Å²) in [5.74, 6) is -1.29. The van der Waals surface area contributed by atoms with Crippen LogP contribution in [0, 0.1) is 45.3 Å². The number of nitrogens with two attached hydrogens (primary N) is 1. The highest BCUT2D eigenvalue weighted by Gasteiger charge is 2.67. The highest BCUT2D eigenvalue weighted by Crippen LogP contribution is 2.61. The summed E-state index contributed by atoms with van der Waals surface area (Å²) in [5.41, 5.74) is 4.92. The molecule has 2 atom stereocenters. The summed E-state index contributed by atoms with van der Waals surface area (Å²) in [7, 11) is 0. The van der Waals surface area contributed by atoms with Crippen molar-refractivity contribution in [2.24, 2.45) is 17.1 Å². The Labute approximate surface area is 220 Å². The van der Waals surface area contributed by atoms with Crippen molar-refractivity contribution in [2.45, 2.75) is 18.9 Å². The Morgan fingerprint density at radius 3 is 2.45 bits per heavy atom. The SMILES string of the molecule is CCOC(=O)N1CC=C2[C@@H](C1)[C@@]1(C(=O)N(Cc3ccccc3)c3ccccc31)C(C#N)=C(N)C2(C#N)C#N. The molecule has 9 heteroatoms. The summed E-state index contributed by atoms with van der Waals surface area (Å²) in [4.78, 5) is 30.5. The van der Waals surface area contributed by atoms with Crippen molar-refractivity contribution in [1.82, 2.24) is 4.90 Å². The number of nitriles is 3. The van der Waals surface area contributed by atoms with Crippen LogP contribution in [0.5, 0.6) is 0 Å². The van der Waals surface area contributed by atoms with Gasteiger partial charge < -0.3 is 20.3 Å². The number of carbonyl (C=O) groups excluding carboxylic acids is 2. The molecule has 0 fully saturated rings. The molecule has 0 unspecified atom stereocenters. The number of benzene rings is 2. The van der Waals surface area contributed by atoms with Crippen molar-refractivity contribution in [3.63, 3.8) is 0 Å². The standard InChI is InChI=1S/C29H24N6O3/c1-2-38-27(37)34-13-12-20-23(16-34)29(22(14-30)25(33)28(20,17-31)18-32)21-10-6-7-11-24(21)35(26(29)36)15-19-8-4-3-5-9-19/h3-12,23H,2,13,15-16,33H2,1H3/t23-,29+/m1/s1. The second-order valence-corrected chi connectivity index (χ2v) is 9.39. The molecule has 5 rings (SSSR count). The first kappa shape index (κ1) is 24.6. The van der Waals surface area contributed by atoms with E-state index in [1.54, 1.807) is 30.0 Å². The highest BCUT2D eigenvalue weighted by molar-refractivity contribution is 6.12. The van der Waals surface area contributed by atoms with E-state index in [0.29, 0.717) is 16.8 Å². The smallest absolute Gasteiger partial charge is 0.410 e. The molecule has 1 aliphatic carbocycles. The minimum absolute atomic E-state index is 0.0342. The van der Waals surface area contributed by atoms with E-state index in [0.717, 1.165) is 5.56 Å². The number of carbonyl (C=O) groups is 2. The molecule has 3 aliphatic rings. The van der Waals surface area contributed by atoms with E-state index in [1.807, 2.05) is 54.6 Å². The summed E-state index contributed by atoms with van der Waals surface area (Å²) in [6, 6.07) is 22.8. The van der Waals surface area contributed by atoms with Crippen molar-refractivity contribution < 1.29 is 14.3 Å². The zero-order valence-electron chi connectivity index (χ0n) is 20.7. The second kappa shape index (κ2) is 9.10. The monoisotopic (exact) mass is 504 g/mol. The summed E-state index contributed by atoms with van der Waals surface area (Å²) in [5, 5.41) is 30.9. The van der Waals surface area contributed by atoms with Crippen molar-refractivity contribution in [1.29, 1.82) is 15.8 Å². The van der Waals surface area contributed by atoms with Gasteiger partial charge in [-0.1, -0.05) is 54.6 Å². The minimum atomic E-state index is -1.94. The third kappa shape index (κ3) is 3.14. The first-order valence-corrected chi connectivity index (χ1v) is 12.2. The molecule has 1 spiro atoms. The van der Waals surface area contributed by atoms with Crippen LogP contribution in [0.3, 0.4) is 0 Å². The van der Waals surface area contributed by atoms with E-state index in [9.17, 15) is 25.4 Å². The molecule has 9 nitrogen and oxygen atoms in total. The van der Waals surface area contributed by atoms with Gasteiger partial charge in [0.05, 0.1) is 42.6 Å². The summed E-state index contributed by atoms with van der Waals surface area (Å²) < 4.78 is 5.22. The Kier molecular flexibility index (Phi) is 5.90. The third-order valence-corrected chi connectivity index (χ3v) is 7.69. The molecule has 0 radical (unpaired) electrons. The molecule has 38 heavy (non-hydrogen) atoms. The maximum atomic E-state index is 14.7. The highest BCUT2D eigenvalue weighted by atomic mass is 16.6. The summed E-state index contributed by atoms with van der Waals surface area (Å²) >= 11 is 0. The van der Waals surface area contributed by atoms with E-state index in [1.165, 1.54) is 4.90 Å². The molecule has 0 saturated heterocycles. The van der Waals surface area contributed by atoms with Crippen LogP contribution in [0.15, 0.2) is 77.5 Å². The van der Waals surface area contributed by atoms with Gasteiger partial charge in [0.2, 0.25) is 11.3 Å². The van der Waals surface area contributed by atoms with Crippen LogP contribution in [0.4, 0.5) is 10.5 Å². The van der Waals surface area contributed by atoms with Gasteiger partial charge >= 0.3 is 6.09 Å². The summed E-state index contributed by atoms with van der Waals surface area (Å²) in [6.45, 7) is 2.13. The number of nitrogens with zero attached hydrogens (tertiary/aromatic N) is 5. The number of amides is 2. The number of hydrogen-bond acceptors (Lipinski definition) is 7. The number of para-hydroxylation sites is 1. The van der Waals surface area contributed by atoms with Gasteiger partial charge in [-0.3, -0.25) is 4.79 Å². The zero-order valence-corrected chi connectivity index (χ0v) is 20.7. The van der Waals surface area contributed by atoms with Gasteiger partial charge in [-0.05, 0) is 29.7 Å². The first-order chi connectivity index (χ1) is 18.4. The number of rotatable bonds is 3. The Hall–Kier alpha value is -5.07. The van der Waals surface area contributed by atoms with Crippen LogP contribution in [0.25, 0.3) is 0 Å². The number of anilines is 1. The van der Waals surface area contributed by atoms with Crippen LogP contribution in [-0.2, 0) is 21.5 Å². The fourth-order valence-corrected chi connectivity index (χ4v) is 6.03. The lowest BCUT2D eigenvalue weighted by molar-refractivity contribution is -0.123. The lowest BCUT2D eigenvalue weighted by Crippen LogP contribution is -2.59. The minimum Gasteiger partial charge on any atom is -0.450 e. The van der Waals surface area contributed by atoms with Gasteiger partial charge in [0.15, 0.2) is 0 Å². The van der Waals surface area contributed by atoms with E-state index >= 15 is 0 Å². The Morgan fingerprint density at radius 2 is 1.79 bits per heavy atom. The average Bonchev–Trinajstić information content (AvgIpc) is 3.18. The largest absolute Gasteiger partial charge is 0.450 e. The van der Waals surface area contributed by atoms with Crippen molar-refractivity contribution in [3.8, 4) is 18.2 Å². The fourth-order valence-electron chi connectivity index (χ4n) is 6.03. The van der Waals surface area contributed by atoms with Crippen molar-refractivity contribution in [2.75, 3.05) is 24.6 Å². The molecule has 2 aromatic rings. The van der Waals surface area contributed by atoms with Gasteiger partial charge in [-0.25, -0.2) is 4.79 Å². The Morgan fingerprint density at radius 1 is 1.11 bits per heavy atom. The predicted octanol–water partition coefficient (Wildman–Crippen LogP) is 3.27. The normalized spacial score (nSPS) is 23.1. The molecule has 0 bridgehead atoms. The van der Waals surface area contributed by atoms with Crippen LogP contribution in [0.2, 0.25) is 0 Å². The predicted molar refractivity (Wildman–Crippen MR) is 136 cm³/mol. The number of fused-ring (bicyclic) bond motifs is 4. The topological polar surface area (TPSA) is 147 Å². The van der Waals surface area contributed by atoms with Gasteiger partial charge in [0, 0.05) is 24.7 Å². The lowest BCUT2D eigenvalue weighted by Gasteiger charge is -2.49. The van der Waals surface area contributed by atoms with Crippen LogP contribution in [0.1, 0.15) is 18.1 Å². The molecule has 2 aromatic carbocycles. The van der Waals surface area contributed by atoms with Gasteiger partial charge in [0.25, 0.3) is 0 Å². The van der Waals surface area contributed by atoms with E-state index in [2.05, 4.69) is 6.07 Å². The Balaban J connectivity index is 1.80. The molecule has 188 valence electrons. The number of ether oxygens (including phenoxy) is 1. The fraction of sp³-hybridized carbons (Fsp3) is 0.276. The average molecular weight is 505 g/mol. The van der Waals surface area contributed by atoms with E-state index < -0.39 is 28.7 Å². The molecule has 2 heterocycles. The number of hydrogen-bond donors (Lipinski definition) is 1. The summed E-state index contributed by atoms with van der Waals surface area (Å²) in [6.07, 6.45) is 1.02. The maximum Gasteiger partial charge on any atom is 0.410 e. The lowest BCUT2D eigenvalue weighted by atomic mass is 9.52. The number of allylic oxidation sites excluding steroid dienone is 1. The molecule has 0 saturated carbocycles. The van der Waals surface area contributed by atoms with Crippen molar-refractivity contribution >= 4 is 17.7 Å². The van der Waals surface area contributed by atoms with Crippen molar-refractivity contribution in [3.05, 3.63) is 88.6 Å². The zero-order chi connectivity index (χ0) is 27.1. The van der Waals surface area contributed by atoms with Gasteiger partial charge in [0.1, 0.15) is 5.41 Å². The molecule has 2 aliphatic heterocycles. The Bertz CT molecular complexity index is 1510.